The molecule has 34 heavy (non-hydrogen) atoms. The smallest absolute Gasteiger partial charge is 0.302 e. The number of hydrogen-bond donors (Lipinski definition) is 1. The summed E-state index contributed by atoms with van der Waals surface area (Å²) in [4.78, 5) is 31.9. The molecular weight excluding hydrogens is 454 g/mol. The lowest BCUT2D eigenvalue weighted by Crippen LogP contribution is -2.33. The fourth-order valence-electron chi connectivity index (χ4n) is 3.22. The number of aliphatic imine (C=N–C) groups is 1. The highest BCUT2D eigenvalue weighted by Crippen LogP contribution is 2.31. The minimum atomic E-state index is -0.299. The van der Waals surface area contributed by atoms with Crippen LogP contribution in [0.1, 0.15) is 19.4 Å². The number of rotatable bonds is 8. The van der Waals surface area contributed by atoms with Crippen molar-refractivity contribution >= 4 is 46.4 Å². The zero-order valence-electron chi connectivity index (χ0n) is 18.8. The fraction of sp³-hybridized carbons (Fsp3) is 0.208. The third-order valence-electron chi connectivity index (χ3n) is 4.78. The normalized spacial score (nSPS) is 14.4. The lowest BCUT2D eigenvalue weighted by atomic mass is 10.1. The fourth-order valence-corrected chi connectivity index (χ4v) is 4.03. The van der Waals surface area contributed by atoms with Gasteiger partial charge in [-0.1, -0.05) is 52.8 Å². The molecule has 1 aromatic heterocycles. The van der Waals surface area contributed by atoms with Gasteiger partial charge in [-0.2, -0.15) is 0 Å². The summed E-state index contributed by atoms with van der Waals surface area (Å²) in [6.07, 6.45) is 3.31. The molecule has 1 N–H and O–H groups in total. The van der Waals surface area contributed by atoms with Crippen LogP contribution in [-0.4, -0.2) is 34.6 Å². The van der Waals surface area contributed by atoms with E-state index in [1.807, 2.05) is 68.4 Å². The van der Waals surface area contributed by atoms with Crippen LogP contribution in [0.5, 0.6) is 5.75 Å². The van der Waals surface area contributed by atoms with Gasteiger partial charge in [0.1, 0.15) is 11.4 Å². The number of para-hydroxylation sites is 2. The first-order valence-electron chi connectivity index (χ1n) is 10.8. The van der Waals surface area contributed by atoms with Crippen LogP contribution in [0.4, 0.5) is 11.6 Å². The molecule has 0 saturated heterocycles. The highest BCUT2D eigenvalue weighted by atomic mass is 32.2. The van der Waals surface area contributed by atoms with E-state index in [1.54, 1.807) is 17.0 Å². The van der Waals surface area contributed by atoms with E-state index < -0.39 is 0 Å². The van der Waals surface area contributed by atoms with Crippen molar-refractivity contribution in [3.63, 3.8) is 0 Å². The van der Waals surface area contributed by atoms with Gasteiger partial charge in [-0.25, -0.2) is 4.99 Å². The van der Waals surface area contributed by atoms with E-state index >= 15 is 0 Å². The number of benzene rings is 2. The molecule has 1 aliphatic rings. The van der Waals surface area contributed by atoms with Gasteiger partial charge < -0.3 is 4.74 Å². The number of hydrogen-bond acceptors (Lipinski definition) is 7. The van der Waals surface area contributed by atoms with Gasteiger partial charge in [-0.15, -0.1) is 0 Å². The Morgan fingerprint density at radius 1 is 1.18 bits per heavy atom. The van der Waals surface area contributed by atoms with Crippen molar-refractivity contribution in [2.24, 2.45) is 4.99 Å². The molecule has 0 bridgehead atoms. The lowest BCUT2D eigenvalue weighted by Gasteiger charge is -2.17. The Morgan fingerprint density at radius 3 is 2.68 bits per heavy atom. The minimum absolute atomic E-state index is 0.0328. The number of carbonyl (C=O) groups excluding carboxylic acids is 2. The number of amides is 2. The van der Waals surface area contributed by atoms with Crippen LogP contribution in [0, 0.1) is 0 Å². The summed E-state index contributed by atoms with van der Waals surface area (Å²) in [7, 11) is 0. The van der Waals surface area contributed by atoms with E-state index in [4.69, 9.17) is 9.26 Å². The first-order chi connectivity index (χ1) is 16.6. The van der Waals surface area contributed by atoms with Gasteiger partial charge in [-0.05, 0) is 38.1 Å². The van der Waals surface area contributed by atoms with Crippen molar-refractivity contribution in [2.75, 3.05) is 22.6 Å². The summed E-state index contributed by atoms with van der Waals surface area (Å²) >= 11 is 1.16. The first kappa shape index (κ1) is 23.2. The molecule has 0 spiro atoms. The Balaban J connectivity index is 1.57. The van der Waals surface area contributed by atoms with Gasteiger partial charge in [0.2, 0.25) is 11.2 Å². The largest absolute Gasteiger partial charge is 0.493 e. The second-order valence-corrected chi connectivity index (χ2v) is 8.07. The molecule has 4 rings (SSSR count). The maximum atomic E-state index is 13.3. The number of aromatic nitrogens is 2. The Bertz CT molecular complexity index is 1240. The van der Waals surface area contributed by atoms with Crippen molar-refractivity contribution in [2.45, 2.75) is 20.4 Å². The van der Waals surface area contributed by atoms with Crippen LogP contribution in [0.25, 0.3) is 6.08 Å². The molecule has 1 aliphatic heterocycles. The summed E-state index contributed by atoms with van der Waals surface area (Å²) in [5.74, 6) is 0.380. The quantitative estimate of drug-likeness (QED) is 0.393. The molecule has 0 radical (unpaired) electrons. The number of amidine groups is 1. The molecule has 0 saturated carbocycles. The van der Waals surface area contributed by atoms with E-state index in [9.17, 15) is 9.59 Å². The van der Waals surface area contributed by atoms with Crippen molar-refractivity contribution in [1.29, 1.82) is 0 Å². The average Bonchev–Trinajstić information content (AvgIpc) is 3.43. The topological polar surface area (TPSA) is 101 Å². The highest BCUT2D eigenvalue weighted by molar-refractivity contribution is 8.14. The third kappa shape index (κ3) is 5.34. The molecule has 10 heteroatoms. The molecular formula is C24H24N5O4S+. The average molecular weight is 479 g/mol. The van der Waals surface area contributed by atoms with Crippen molar-refractivity contribution in [3.05, 3.63) is 72.1 Å². The zero-order valence-corrected chi connectivity index (χ0v) is 19.6. The predicted molar refractivity (Wildman–Crippen MR) is 130 cm³/mol. The first-order valence-corrected chi connectivity index (χ1v) is 11.8. The Morgan fingerprint density at radius 2 is 1.94 bits per heavy atom. The highest BCUT2D eigenvalue weighted by Gasteiger charge is 2.32. The number of nitrogens with zero attached hydrogens (tertiary/aromatic N) is 4. The molecule has 174 valence electrons. The van der Waals surface area contributed by atoms with Crippen LogP contribution in [0.3, 0.4) is 0 Å². The molecule has 0 unspecified atom stereocenters. The molecule has 0 atom stereocenters. The molecule has 9 nitrogen and oxygen atoms in total. The Labute approximate surface area is 201 Å². The minimum Gasteiger partial charge on any atom is -0.493 e. The Hall–Kier alpha value is -3.92. The monoisotopic (exact) mass is 478 g/mol. The summed E-state index contributed by atoms with van der Waals surface area (Å²) in [6, 6.07) is 16.7. The van der Waals surface area contributed by atoms with E-state index in [1.165, 1.54) is 4.90 Å². The van der Waals surface area contributed by atoms with Gasteiger partial charge in [0, 0.05) is 5.56 Å². The van der Waals surface area contributed by atoms with E-state index in [0.717, 1.165) is 17.3 Å². The molecule has 2 amide bonds. The van der Waals surface area contributed by atoms with Crippen molar-refractivity contribution in [3.8, 4) is 5.75 Å². The number of thioether (sulfide) groups is 1. The maximum absolute atomic E-state index is 13.3. The number of carbonyl (C=O) groups is 2. The van der Waals surface area contributed by atoms with Gasteiger partial charge in [-0.3, -0.25) is 24.3 Å². The van der Waals surface area contributed by atoms with Crippen molar-refractivity contribution in [1.82, 2.24) is 5.27 Å². The van der Waals surface area contributed by atoms with Crippen LogP contribution in [0.15, 0.2) is 76.0 Å². The second-order valence-electron chi connectivity index (χ2n) is 7.13. The molecule has 3 aromatic rings. The zero-order chi connectivity index (χ0) is 23.9. The van der Waals surface area contributed by atoms with Crippen LogP contribution < -0.4 is 19.6 Å². The van der Waals surface area contributed by atoms with Crippen LogP contribution >= 0.6 is 11.8 Å². The lowest BCUT2D eigenvalue weighted by molar-refractivity contribution is -0.759. The van der Waals surface area contributed by atoms with E-state index in [0.29, 0.717) is 29.8 Å². The molecule has 2 heterocycles. The standard InChI is InChI=1S/C24H23N5O4S/c1-3-28-15-22(33-27-28)26-21(30)16-34-24-25-19(14-17-10-8-9-13-20(17)32-4-2)23(31)29(24)18-11-6-5-7-12-18/h5-15H,3-4,16H2,1-2H3/p+1/b19-14+. The van der Waals surface area contributed by atoms with Gasteiger partial charge in [0.25, 0.3) is 12.1 Å². The van der Waals surface area contributed by atoms with Gasteiger partial charge in [0.05, 0.1) is 18.0 Å². The van der Waals surface area contributed by atoms with Crippen LogP contribution in [-0.2, 0) is 16.1 Å². The van der Waals surface area contributed by atoms with E-state index in [2.05, 4.69) is 15.6 Å². The maximum Gasteiger partial charge on any atom is 0.302 e. The van der Waals surface area contributed by atoms with Gasteiger partial charge >= 0.3 is 5.88 Å². The van der Waals surface area contributed by atoms with Gasteiger partial charge in [0.15, 0.2) is 11.7 Å². The van der Waals surface area contributed by atoms with E-state index in [-0.39, 0.29) is 29.1 Å². The molecule has 0 aliphatic carbocycles. The second kappa shape index (κ2) is 10.8. The number of nitrogens with one attached hydrogen (secondary N) is 1. The molecule has 2 aromatic carbocycles. The summed E-state index contributed by atoms with van der Waals surface area (Å²) < 4.78 is 12.3. The SMILES string of the molecule is CCOc1ccccc1/C=C1/N=C(SCC(=O)Nc2c[n+](CC)no2)N(c2ccccc2)C1=O. The number of anilines is 2. The number of aryl methyl sites for hydroxylation is 1. The third-order valence-corrected chi connectivity index (χ3v) is 5.72. The van der Waals surface area contributed by atoms with Crippen LogP contribution in [0.2, 0.25) is 0 Å². The summed E-state index contributed by atoms with van der Waals surface area (Å²) in [5, 5.41) is 6.85. The summed E-state index contributed by atoms with van der Waals surface area (Å²) in [5.41, 5.74) is 1.68. The Kier molecular flexibility index (Phi) is 7.38. The molecule has 0 fully saturated rings. The number of ether oxygens (including phenoxy) is 1. The van der Waals surface area contributed by atoms with Crippen molar-refractivity contribution < 1.29 is 23.5 Å². The predicted octanol–water partition coefficient (Wildman–Crippen LogP) is 3.50. The summed E-state index contributed by atoms with van der Waals surface area (Å²) in [6.45, 7) is 4.95.